The van der Waals surface area contributed by atoms with Gasteiger partial charge in [0.25, 0.3) is 10.0 Å². The lowest BCUT2D eigenvalue weighted by molar-refractivity contribution is -0.174. The molecule has 1 aromatic heterocycles. The summed E-state index contributed by atoms with van der Waals surface area (Å²) in [6.45, 7) is 7.77. The number of sulfonamides is 1. The van der Waals surface area contributed by atoms with Crippen LogP contribution in [0.5, 0.6) is 0 Å². The first kappa shape index (κ1) is 31.8. The highest BCUT2D eigenvalue weighted by Crippen LogP contribution is 2.46. The third-order valence-electron chi connectivity index (χ3n) is 7.78. The summed E-state index contributed by atoms with van der Waals surface area (Å²) >= 11 is 0. The van der Waals surface area contributed by atoms with Crippen molar-refractivity contribution in [3.05, 3.63) is 89.4 Å². The van der Waals surface area contributed by atoms with Crippen molar-refractivity contribution in [3.63, 3.8) is 0 Å². The van der Waals surface area contributed by atoms with Gasteiger partial charge in [0, 0.05) is 17.8 Å². The number of nitrogens with one attached hydrogen (secondary N) is 1. The number of nitrogens with zero attached hydrogens (tertiary/aromatic N) is 2. The zero-order valence-corrected chi connectivity index (χ0v) is 25.5. The first-order valence-corrected chi connectivity index (χ1v) is 15.8. The Balaban J connectivity index is 1.65. The number of hydrogen-bond donors (Lipinski definition) is 1. The highest BCUT2D eigenvalue weighted by Gasteiger charge is 2.51. The minimum Gasteiger partial charge on any atom is -0.461 e. The van der Waals surface area contributed by atoms with Crippen LogP contribution in [0.1, 0.15) is 69.6 Å². The van der Waals surface area contributed by atoms with Crippen LogP contribution in [-0.2, 0) is 30.8 Å². The molecule has 43 heavy (non-hydrogen) atoms. The Hall–Kier alpha value is -4.10. The monoisotopic (exact) mass is 605 g/mol. The van der Waals surface area contributed by atoms with Gasteiger partial charge in [-0.25, -0.2) is 9.37 Å². The van der Waals surface area contributed by atoms with Crippen LogP contribution >= 0.6 is 0 Å². The molecule has 4 rings (SSSR count). The number of carbonyl (C=O) groups is 2. The maximum atomic E-state index is 14.2. The molecule has 0 amide bonds. The second-order valence-corrected chi connectivity index (χ2v) is 13.6. The fourth-order valence-corrected chi connectivity index (χ4v) is 6.76. The smallest absolute Gasteiger partial charge is 0.317 e. The Bertz CT molecular complexity index is 1610. The van der Waals surface area contributed by atoms with Gasteiger partial charge in [0.1, 0.15) is 23.9 Å². The van der Waals surface area contributed by atoms with Gasteiger partial charge in [0.2, 0.25) is 0 Å². The normalized spacial score (nSPS) is 19.8. The van der Waals surface area contributed by atoms with Crippen molar-refractivity contribution in [3.8, 4) is 6.07 Å². The second kappa shape index (κ2) is 13.0. The first-order valence-electron chi connectivity index (χ1n) is 14.3. The lowest BCUT2D eigenvalue weighted by Gasteiger charge is -2.42. The average Bonchev–Trinajstić information content (AvgIpc) is 2.95. The van der Waals surface area contributed by atoms with E-state index in [0.717, 1.165) is 12.0 Å². The number of cyclic esters (lactones) is 1. The van der Waals surface area contributed by atoms with E-state index in [0.29, 0.717) is 24.8 Å². The summed E-state index contributed by atoms with van der Waals surface area (Å²) in [7, 11) is -4.07. The van der Waals surface area contributed by atoms with E-state index in [9.17, 15) is 22.4 Å². The molecule has 1 aliphatic rings. The molecule has 4 atom stereocenters. The fourth-order valence-electron chi connectivity index (χ4n) is 5.78. The van der Waals surface area contributed by atoms with Gasteiger partial charge >= 0.3 is 5.97 Å². The lowest BCUT2D eigenvalue weighted by atomic mass is 9.65. The van der Waals surface area contributed by atoms with Crippen LogP contribution < -0.4 is 4.72 Å². The maximum absolute atomic E-state index is 14.2. The number of hydrogen-bond acceptors (Lipinski definition) is 7. The van der Waals surface area contributed by atoms with E-state index < -0.39 is 45.3 Å². The second-order valence-electron chi connectivity index (χ2n) is 12.0. The number of Topliss-reactive ketones (excluding diaryl/α,β-unsaturated/α-hetero) is 1. The van der Waals surface area contributed by atoms with Gasteiger partial charge in [-0.3, -0.25) is 14.3 Å². The minimum absolute atomic E-state index is 0.190. The topological polar surface area (TPSA) is 126 Å². The average molecular weight is 606 g/mol. The Kier molecular flexibility index (Phi) is 9.65. The van der Waals surface area contributed by atoms with Gasteiger partial charge in [-0.2, -0.15) is 13.7 Å². The fraction of sp³-hybridized carbons (Fsp3) is 0.394. The third kappa shape index (κ3) is 7.46. The molecule has 2 heterocycles. The van der Waals surface area contributed by atoms with Crippen LogP contribution in [0.15, 0.2) is 71.9 Å². The molecule has 0 saturated carbocycles. The van der Waals surface area contributed by atoms with E-state index in [1.165, 1.54) is 30.5 Å². The molecule has 1 aliphatic heterocycles. The number of benzene rings is 2. The molecule has 10 heteroatoms. The molecular weight excluding hydrogens is 569 g/mol. The zero-order chi connectivity index (χ0) is 31.4. The molecule has 0 radical (unpaired) electrons. The van der Waals surface area contributed by atoms with Crippen LogP contribution in [0.2, 0.25) is 0 Å². The van der Waals surface area contributed by atoms with Crippen molar-refractivity contribution in [1.82, 2.24) is 4.98 Å². The van der Waals surface area contributed by atoms with E-state index in [2.05, 4.69) is 9.71 Å². The molecule has 0 spiro atoms. The number of halogens is 1. The number of nitriles is 1. The predicted octanol–water partition coefficient (Wildman–Crippen LogP) is 6.18. The van der Waals surface area contributed by atoms with Crippen molar-refractivity contribution in [1.29, 1.82) is 5.26 Å². The van der Waals surface area contributed by atoms with E-state index in [1.807, 2.05) is 33.8 Å². The summed E-state index contributed by atoms with van der Waals surface area (Å²) in [5.41, 5.74) is 1.40. The summed E-state index contributed by atoms with van der Waals surface area (Å²) in [6.07, 6.45) is 2.91. The quantitative estimate of drug-likeness (QED) is 0.216. The summed E-state index contributed by atoms with van der Waals surface area (Å²) in [6, 6.07) is 17.3. The molecule has 1 saturated heterocycles. The number of ether oxygens (including phenoxy) is 1. The molecule has 1 fully saturated rings. The van der Waals surface area contributed by atoms with Crippen LogP contribution in [-0.4, -0.2) is 31.3 Å². The molecular formula is C33H36FN3O5S. The predicted molar refractivity (Wildman–Crippen MR) is 160 cm³/mol. The SMILES string of the molecule is CCC[C@H]1OC(=O)C([C@H](c2cccc(NS(=O)(=O)c3ccc(C#N)cn3)c2)C(C)(C)C)C(=O)C1CCc1ccc(F)cc1. The summed E-state index contributed by atoms with van der Waals surface area (Å²) < 4.78 is 48.0. The van der Waals surface area contributed by atoms with E-state index in [-0.39, 0.29) is 27.9 Å². The van der Waals surface area contributed by atoms with Crippen LogP contribution in [0.25, 0.3) is 0 Å². The van der Waals surface area contributed by atoms with Crippen molar-refractivity contribution in [2.45, 2.75) is 70.4 Å². The molecule has 0 bridgehead atoms. The largest absolute Gasteiger partial charge is 0.461 e. The van der Waals surface area contributed by atoms with Gasteiger partial charge < -0.3 is 4.74 Å². The van der Waals surface area contributed by atoms with Crippen molar-refractivity contribution in [2.24, 2.45) is 17.3 Å². The first-order chi connectivity index (χ1) is 20.3. The number of ketones is 1. The van der Waals surface area contributed by atoms with Gasteiger partial charge in [-0.05, 0) is 72.2 Å². The summed E-state index contributed by atoms with van der Waals surface area (Å²) in [5.74, 6) is -3.32. The van der Waals surface area contributed by atoms with E-state index in [1.54, 1.807) is 36.4 Å². The van der Waals surface area contributed by atoms with Gasteiger partial charge in [0.05, 0.1) is 11.5 Å². The lowest BCUT2D eigenvalue weighted by Crippen LogP contribution is -2.50. The minimum atomic E-state index is -4.07. The van der Waals surface area contributed by atoms with Crippen LogP contribution in [0.4, 0.5) is 10.1 Å². The number of rotatable bonds is 10. The van der Waals surface area contributed by atoms with Crippen LogP contribution in [0.3, 0.4) is 0 Å². The Morgan fingerprint density at radius 1 is 1.07 bits per heavy atom. The maximum Gasteiger partial charge on any atom is 0.317 e. The number of carbonyl (C=O) groups excluding carboxylic acids is 2. The standard InChI is InChI=1S/C33H36FN3O5S/c1-5-7-27-26(16-12-21-10-14-24(34)15-11-21)31(38)29(32(39)42-27)30(33(2,3)4)23-8-6-9-25(18-23)37-43(40,41)28-17-13-22(19-35)20-36-28/h6,8-11,13-15,17-18,20,26-27,29-30,37H,5,7,12,16H2,1-4H3/t26?,27-,29?,30+/m1/s1. The Morgan fingerprint density at radius 3 is 2.40 bits per heavy atom. The van der Waals surface area contributed by atoms with Gasteiger partial charge in [0.15, 0.2) is 10.8 Å². The van der Waals surface area contributed by atoms with Crippen LogP contribution in [0, 0.1) is 34.4 Å². The molecule has 3 aromatic rings. The van der Waals surface area contributed by atoms with E-state index in [4.69, 9.17) is 10.00 Å². The summed E-state index contributed by atoms with van der Waals surface area (Å²) in [4.78, 5) is 31.6. The van der Waals surface area contributed by atoms with Crippen molar-refractivity contribution in [2.75, 3.05) is 4.72 Å². The number of aromatic nitrogens is 1. The highest BCUT2D eigenvalue weighted by atomic mass is 32.2. The Morgan fingerprint density at radius 2 is 1.79 bits per heavy atom. The molecule has 1 N–H and O–H groups in total. The van der Waals surface area contributed by atoms with Crippen molar-refractivity contribution >= 4 is 27.5 Å². The van der Waals surface area contributed by atoms with Gasteiger partial charge in [-0.15, -0.1) is 0 Å². The molecule has 8 nitrogen and oxygen atoms in total. The number of aryl methyl sites for hydroxylation is 1. The van der Waals surface area contributed by atoms with Crippen molar-refractivity contribution < 1.29 is 27.1 Å². The number of anilines is 1. The zero-order valence-electron chi connectivity index (χ0n) is 24.7. The van der Waals surface area contributed by atoms with Gasteiger partial charge in [-0.1, -0.05) is 58.4 Å². The third-order valence-corrected chi connectivity index (χ3v) is 9.07. The number of pyridine rings is 1. The molecule has 2 aromatic carbocycles. The molecule has 0 aliphatic carbocycles. The molecule has 226 valence electrons. The highest BCUT2D eigenvalue weighted by molar-refractivity contribution is 7.92. The Labute approximate surface area is 252 Å². The molecule has 2 unspecified atom stereocenters. The number of esters is 1. The summed E-state index contributed by atoms with van der Waals surface area (Å²) in [5, 5.41) is 8.74. The van der Waals surface area contributed by atoms with E-state index >= 15 is 0 Å².